The van der Waals surface area contributed by atoms with Crippen molar-refractivity contribution < 1.29 is 9.53 Å². The van der Waals surface area contributed by atoms with Crippen LogP contribution in [0.15, 0.2) is 23.8 Å². The third-order valence-electron chi connectivity index (χ3n) is 2.62. The number of methoxy groups -OCH3 is 1. The van der Waals surface area contributed by atoms with E-state index in [2.05, 4.69) is 15.3 Å². The van der Waals surface area contributed by atoms with Crippen LogP contribution in [0.4, 0.5) is 0 Å². The molecular formula is C13H17N3O2S. The van der Waals surface area contributed by atoms with Gasteiger partial charge < -0.3 is 15.0 Å². The molecule has 0 atom stereocenters. The number of aromatic amines is 1. The number of thiophene rings is 1. The van der Waals surface area contributed by atoms with Crippen molar-refractivity contribution in [1.29, 1.82) is 0 Å². The summed E-state index contributed by atoms with van der Waals surface area (Å²) in [7, 11) is 1.64. The normalized spacial score (nSPS) is 10.6. The molecule has 102 valence electrons. The van der Waals surface area contributed by atoms with Crippen LogP contribution in [-0.4, -0.2) is 29.5 Å². The van der Waals surface area contributed by atoms with E-state index in [1.54, 1.807) is 19.5 Å². The number of hydrogen-bond acceptors (Lipinski definition) is 4. The number of imidazole rings is 1. The number of amides is 1. The van der Waals surface area contributed by atoms with Gasteiger partial charge in [-0.15, -0.1) is 11.3 Å². The van der Waals surface area contributed by atoms with E-state index in [9.17, 15) is 4.79 Å². The quantitative estimate of drug-likeness (QED) is 0.762. The molecule has 0 aromatic carbocycles. The SMILES string of the molecule is COCc1csc(C(=O)NCCCc2ncc[nH]2)c1. The molecule has 0 aliphatic heterocycles. The molecule has 0 fully saturated rings. The zero-order valence-electron chi connectivity index (χ0n) is 10.8. The predicted octanol–water partition coefficient (Wildman–Crippen LogP) is 1.98. The molecule has 0 saturated carbocycles. The highest BCUT2D eigenvalue weighted by atomic mass is 32.1. The van der Waals surface area contributed by atoms with Crippen LogP contribution in [0.3, 0.4) is 0 Å². The molecule has 2 heterocycles. The number of nitrogens with zero attached hydrogens (tertiary/aromatic N) is 1. The maximum absolute atomic E-state index is 11.9. The zero-order chi connectivity index (χ0) is 13.5. The minimum Gasteiger partial charge on any atom is -0.380 e. The standard InChI is InChI=1S/C13H17N3O2S/c1-18-8-10-7-11(19-9-10)13(17)16-4-2-3-12-14-5-6-15-12/h5-7,9H,2-4,8H2,1H3,(H,14,15)(H,16,17). The molecule has 6 heteroatoms. The molecule has 0 unspecified atom stereocenters. The molecule has 2 aromatic rings. The average Bonchev–Trinajstić information content (AvgIpc) is 3.06. The highest BCUT2D eigenvalue weighted by molar-refractivity contribution is 7.12. The maximum atomic E-state index is 11.9. The molecule has 2 rings (SSSR count). The van der Waals surface area contributed by atoms with E-state index in [0.29, 0.717) is 13.2 Å². The molecule has 0 saturated heterocycles. The van der Waals surface area contributed by atoms with Crippen LogP contribution in [-0.2, 0) is 17.8 Å². The van der Waals surface area contributed by atoms with Gasteiger partial charge >= 0.3 is 0 Å². The number of ether oxygens (including phenoxy) is 1. The predicted molar refractivity (Wildman–Crippen MR) is 74.3 cm³/mol. The van der Waals surface area contributed by atoms with E-state index in [4.69, 9.17) is 4.74 Å². The zero-order valence-corrected chi connectivity index (χ0v) is 11.6. The Morgan fingerprint density at radius 1 is 1.58 bits per heavy atom. The number of aromatic nitrogens is 2. The van der Waals surface area contributed by atoms with Gasteiger partial charge in [0.25, 0.3) is 5.91 Å². The first-order valence-corrected chi connectivity index (χ1v) is 7.00. The molecule has 2 N–H and O–H groups in total. The van der Waals surface area contributed by atoms with Crippen molar-refractivity contribution in [3.05, 3.63) is 40.1 Å². The fraction of sp³-hybridized carbons (Fsp3) is 0.385. The van der Waals surface area contributed by atoms with Gasteiger partial charge in [0.05, 0.1) is 11.5 Å². The lowest BCUT2D eigenvalue weighted by atomic mass is 10.3. The maximum Gasteiger partial charge on any atom is 0.261 e. The molecule has 0 spiro atoms. The fourth-order valence-electron chi connectivity index (χ4n) is 1.72. The Labute approximate surface area is 116 Å². The molecule has 0 aliphatic rings. The summed E-state index contributed by atoms with van der Waals surface area (Å²) in [6.45, 7) is 1.19. The number of rotatable bonds is 7. The van der Waals surface area contributed by atoms with E-state index in [0.717, 1.165) is 29.1 Å². The largest absolute Gasteiger partial charge is 0.380 e. The molecular weight excluding hydrogens is 262 g/mol. The number of hydrogen-bond donors (Lipinski definition) is 2. The minimum absolute atomic E-state index is 0.0215. The van der Waals surface area contributed by atoms with Crippen molar-refractivity contribution in [3.63, 3.8) is 0 Å². The van der Waals surface area contributed by atoms with Gasteiger partial charge in [-0.2, -0.15) is 0 Å². The van der Waals surface area contributed by atoms with Crippen molar-refractivity contribution in [1.82, 2.24) is 15.3 Å². The summed E-state index contributed by atoms with van der Waals surface area (Å²) in [5.41, 5.74) is 1.04. The highest BCUT2D eigenvalue weighted by Crippen LogP contribution is 2.15. The molecule has 5 nitrogen and oxygen atoms in total. The van der Waals surface area contributed by atoms with Crippen LogP contribution in [0.5, 0.6) is 0 Å². The molecule has 19 heavy (non-hydrogen) atoms. The Balaban J connectivity index is 1.71. The van der Waals surface area contributed by atoms with Crippen molar-refractivity contribution in [2.24, 2.45) is 0 Å². The number of aryl methyl sites for hydroxylation is 1. The van der Waals surface area contributed by atoms with Crippen LogP contribution in [0, 0.1) is 0 Å². The smallest absolute Gasteiger partial charge is 0.261 e. The van der Waals surface area contributed by atoms with Gasteiger partial charge in [-0.3, -0.25) is 4.79 Å². The summed E-state index contributed by atoms with van der Waals surface area (Å²) in [6, 6.07) is 1.87. The number of carbonyl (C=O) groups excluding carboxylic acids is 1. The summed E-state index contributed by atoms with van der Waals surface area (Å²) in [5, 5.41) is 4.85. The van der Waals surface area contributed by atoms with Crippen LogP contribution in [0.25, 0.3) is 0 Å². The number of nitrogens with one attached hydrogen (secondary N) is 2. The van der Waals surface area contributed by atoms with E-state index < -0.39 is 0 Å². The van der Waals surface area contributed by atoms with E-state index >= 15 is 0 Å². The topological polar surface area (TPSA) is 67.0 Å². The average molecular weight is 279 g/mol. The second kappa shape index (κ2) is 7.06. The van der Waals surface area contributed by atoms with Crippen LogP contribution in [0.1, 0.15) is 27.5 Å². The molecule has 0 bridgehead atoms. The highest BCUT2D eigenvalue weighted by Gasteiger charge is 2.08. The van der Waals surface area contributed by atoms with E-state index in [-0.39, 0.29) is 5.91 Å². The lowest BCUT2D eigenvalue weighted by molar-refractivity contribution is 0.0957. The summed E-state index contributed by atoms with van der Waals surface area (Å²) in [4.78, 5) is 19.8. The van der Waals surface area contributed by atoms with Crippen molar-refractivity contribution in [2.45, 2.75) is 19.4 Å². The summed E-state index contributed by atoms with van der Waals surface area (Å²) in [6.07, 6.45) is 5.25. The Morgan fingerprint density at radius 2 is 2.47 bits per heavy atom. The second-order valence-electron chi connectivity index (χ2n) is 4.15. The summed E-state index contributed by atoms with van der Waals surface area (Å²) >= 11 is 1.44. The van der Waals surface area contributed by atoms with Crippen molar-refractivity contribution >= 4 is 17.2 Å². The minimum atomic E-state index is -0.0215. The molecule has 0 radical (unpaired) electrons. The van der Waals surface area contributed by atoms with E-state index in [1.807, 2.05) is 11.4 Å². The molecule has 0 aliphatic carbocycles. The van der Waals surface area contributed by atoms with Crippen molar-refractivity contribution in [2.75, 3.05) is 13.7 Å². The first kappa shape index (κ1) is 13.8. The van der Waals surface area contributed by atoms with Gasteiger partial charge in [-0.05, 0) is 23.4 Å². The van der Waals surface area contributed by atoms with Crippen LogP contribution >= 0.6 is 11.3 Å². The third-order valence-corrected chi connectivity index (χ3v) is 3.60. The van der Waals surface area contributed by atoms with Gasteiger partial charge in [0, 0.05) is 32.5 Å². The first-order chi connectivity index (χ1) is 9.29. The van der Waals surface area contributed by atoms with Gasteiger partial charge in [0.1, 0.15) is 5.82 Å². The van der Waals surface area contributed by atoms with E-state index in [1.165, 1.54) is 11.3 Å². The molecule has 1 amide bonds. The monoisotopic (exact) mass is 279 g/mol. The third kappa shape index (κ3) is 4.18. The Hall–Kier alpha value is -1.66. The summed E-state index contributed by atoms with van der Waals surface area (Å²) < 4.78 is 5.03. The second-order valence-corrected chi connectivity index (χ2v) is 5.06. The molecule has 2 aromatic heterocycles. The number of carbonyl (C=O) groups is 1. The first-order valence-electron chi connectivity index (χ1n) is 6.12. The van der Waals surface area contributed by atoms with Crippen molar-refractivity contribution in [3.8, 4) is 0 Å². The Bertz CT molecular complexity index is 508. The van der Waals surface area contributed by atoms with Gasteiger partial charge in [0.15, 0.2) is 0 Å². The van der Waals surface area contributed by atoms with Gasteiger partial charge in [-0.25, -0.2) is 4.98 Å². The van der Waals surface area contributed by atoms with Crippen LogP contribution in [0.2, 0.25) is 0 Å². The number of H-pyrrole nitrogens is 1. The van der Waals surface area contributed by atoms with Gasteiger partial charge in [0.2, 0.25) is 0 Å². The Morgan fingerprint density at radius 3 is 3.21 bits per heavy atom. The van der Waals surface area contributed by atoms with Gasteiger partial charge in [-0.1, -0.05) is 0 Å². The van der Waals surface area contributed by atoms with Crippen LogP contribution < -0.4 is 5.32 Å². The lowest BCUT2D eigenvalue weighted by Crippen LogP contribution is -2.24. The fourth-order valence-corrected chi connectivity index (χ4v) is 2.53. The lowest BCUT2D eigenvalue weighted by Gasteiger charge is -2.02. The summed E-state index contributed by atoms with van der Waals surface area (Å²) in [5.74, 6) is 0.930. The Kier molecular flexibility index (Phi) is 5.11.